The summed E-state index contributed by atoms with van der Waals surface area (Å²) in [4.78, 5) is 12.4. The van der Waals surface area contributed by atoms with E-state index < -0.39 is 23.3 Å². The minimum atomic E-state index is -4.52. The molecule has 1 unspecified atom stereocenters. The Bertz CT molecular complexity index is 756. The van der Waals surface area contributed by atoms with Crippen molar-refractivity contribution in [3.63, 3.8) is 0 Å². The number of rotatable bonds is 6. The number of phenols is 1. The van der Waals surface area contributed by atoms with Crippen LogP contribution in [-0.2, 0) is 22.1 Å². The van der Waals surface area contributed by atoms with Crippen LogP contribution in [0.1, 0.15) is 25.0 Å². The van der Waals surface area contributed by atoms with Crippen molar-refractivity contribution in [3.05, 3.63) is 59.7 Å². The molecular weight excluding hydrogens is 349 g/mol. The summed E-state index contributed by atoms with van der Waals surface area (Å²) < 4.78 is 49.4. The first-order valence-electron chi connectivity index (χ1n) is 7.95. The number of ether oxygens (including phenoxy) is 2. The van der Waals surface area contributed by atoms with Crippen molar-refractivity contribution in [2.24, 2.45) is 0 Å². The van der Waals surface area contributed by atoms with E-state index in [1.54, 1.807) is 19.1 Å². The van der Waals surface area contributed by atoms with Crippen molar-refractivity contribution < 1.29 is 32.5 Å². The average Bonchev–Trinajstić information content (AvgIpc) is 2.56. The Kier molecular flexibility index (Phi) is 5.79. The highest BCUT2D eigenvalue weighted by Gasteiger charge is 2.38. The predicted octanol–water partition coefficient (Wildman–Crippen LogP) is 4.35. The highest BCUT2D eigenvalue weighted by atomic mass is 19.4. The Morgan fingerprint density at radius 3 is 2.35 bits per heavy atom. The topological polar surface area (TPSA) is 55.8 Å². The molecule has 0 heterocycles. The number of aromatic hydroxyl groups is 1. The predicted molar refractivity (Wildman–Crippen MR) is 88.9 cm³/mol. The molecule has 4 nitrogen and oxygen atoms in total. The lowest BCUT2D eigenvalue weighted by Crippen LogP contribution is -2.45. The smallest absolute Gasteiger partial charge is 0.416 e. The third-order valence-electron chi connectivity index (χ3n) is 3.69. The van der Waals surface area contributed by atoms with Gasteiger partial charge in [0.05, 0.1) is 12.2 Å². The molecule has 7 heteroatoms. The summed E-state index contributed by atoms with van der Waals surface area (Å²) in [6.07, 6.45) is -4.46. The van der Waals surface area contributed by atoms with Gasteiger partial charge in [-0.05, 0) is 49.7 Å². The average molecular weight is 368 g/mol. The van der Waals surface area contributed by atoms with Gasteiger partial charge in [0.15, 0.2) is 0 Å². The summed E-state index contributed by atoms with van der Waals surface area (Å²) in [5, 5.41) is 9.36. The maximum absolute atomic E-state index is 12.9. The zero-order valence-electron chi connectivity index (χ0n) is 14.3. The molecule has 2 aromatic carbocycles. The van der Waals surface area contributed by atoms with E-state index in [-0.39, 0.29) is 24.5 Å². The molecular formula is C19H19F3O4. The molecule has 0 bridgehead atoms. The van der Waals surface area contributed by atoms with Crippen molar-refractivity contribution in [1.82, 2.24) is 0 Å². The van der Waals surface area contributed by atoms with Crippen LogP contribution < -0.4 is 4.74 Å². The third-order valence-corrected chi connectivity index (χ3v) is 3.69. The molecule has 26 heavy (non-hydrogen) atoms. The van der Waals surface area contributed by atoms with E-state index in [1.807, 2.05) is 0 Å². The van der Waals surface area contributed by atoms with Gasteiger partial charge in [-0.3, -0.25) is 0 Å². The molecule has 140 valence electrons. The van der Waals surface area contributed by atoms with Crippen LogP contribution in [0.3, 0.4) is 0 Å². The molecule has 0 saturated carbocycles. The number of carbonyl (C=O) groups excluding carboxylic acids is 1. The number of phenolic OH excluding ortho intramolecular Hbond substituents is 1. The Morgan fingerprint density at radius 2 is 1.77 bits per heavy atom. The first-order chi connectivity index (χ1) is 12.1. The quantitative estimate of drug-likeness (QED) is 0.770. The molecule has 0 aliphatic rings. The van der Waals surface area contributed by atoms with Gasteiger partial charge < -0.3 is 14.6 Å². The highest BCUT2D eigenvalue weighted by Crippen LogP contribution is 2.33. The SMILES string of the molecule is CCOC(=O)C(C)(Cc1ccc(O)cc1)Oc1cccc(C(F)(F)F)c1. The van der Waals surface area contributed by atoms with E-state index in [9.17, 15) is 23.1 Å². The fourth-order valence-corrected chi connectivity index (χ4v) is 2.43. The van der Waals surface area contributed by atoms with Gasteiger partial charge in [0.25, 0.3) is 0 Å². The number of carbonyl (C=O) groups is 1. The van der Waals surface area contributed by atoms with Crippen LogP contribution in [-0.4, -0.2) is 23.3 Å². The van der Waals surface area contributed by atoms with Crippen molar-refractivity contribution in [3.8, 4) is 11.5 Å². The van der Waals surface area contributed by atoms with Crippen molar-refractivity contribution in [2.75, 3.05) is 6.61 Å². The minimum absolute atomic E-state index is 0.0579. The first kappa shape index (κ1) is 19.6. The van der Waals surface area contributed by atoms with Crippen LogP contribution in [0.15, 0.2) is 48.5 Å². The lowest BCUT2D eigenvalue weighted by molar-refractivity contribution is -0.160. The number of alkyl halides is 3. The summed E-state index contributed by atoms with van der Waals surface area (Å²) in [5.74, 6) is -0.718. The number of hydrogen-bond acceptors (Lipinski definition) is 4. The van der Waals surface area contributed by atoms with Crippen LogP contribution in [0.25, 0.3) is 0 Å². The highest BCUT2D eigenvalue weighted by molar-refractivity contribution is 5.80. The maximum atomic E-state index is 12.9. The van der Waals surface area contributed by atoms with Gasteiger partial charge in [-0.1, -0.05) is 18.2 Å². The Labute approximate surface area is 149 Å². The molecule has 0 aliphatic carbocycles. The van der Waals surface area contributed by atoms with E-state index in [0.29, 0.717) is 5.56 Å². The summed E-state index contributed by atoms with van der Waals surface area (Å²) in [6.45, 7) is 3.19. The van der Waals surface area contributed by atoms with Crippen molar-refractivity contribution in [2.45, 2.75) is 32.0 Å². The monoisotopic (exact) mass is 368 g/mol. The number of benzene rings is 2. The lowest BCUT2D eigenvalue weighted by Gasteiger charge is -2.29. The molecule has 0 fully saturated rings. The van der Waals surface area contributed by atoms with E-state index in [2.05, 4.69) is 0 Å². The van der Waals surface area contributed by atoms with Gasteiger partial charge in [-0.25, -0.2) is 4.79 Å². The van der Waals surface area contributed by atoms with Gasteiger partial charge in [0.1, 0.15) is 11.5 Å². The van der Waals surface area contributed by atoms with E-state index >= 15 is 0 Å². The Morgan fingerprint density at radius 1 is 1.12 bits per heavy atom. The summed E-state index contributed by atoms with van der Waals surface area (Å²) in [7, 11) is 0. The Hall–Kier alpha value is -2.70. The molecule has 0 saturated heterocycles. The normalized spacial score (nSPS) is 13.7. The van der Waals surface area contributed by atoms with Crippen molar-refractivity contribution in [1.29, 1.82) is 0 Å². The van der Waals surface area contributed by atoms with Gasteiger partial charge in [-0.2, -0.15) is 13.2 Å². The maximum Gasteiger partial charge on any atom is 0.416 e. The van der Waals surface area contributed by atoms with Crippen LogP contribution in [0.5, 0.6) is 11.5 Å². The fourth-order valence-electron chi connectivity index (χ4n) is 2.43. The van der Waals surface area contributed by atoms with Gasteiger partial charge in [-0.15, -0.1) is 0 Å². The van der Waals surface area contributed by atoms with Crippen LogP contribution in [0, 0.1) is 0 Å². The lowest BCUT2D eigenvalue weighted by atomic mass is 9.96. The van der Waals surface area contributed by atoms with Crippen LogP contribution in [0.2, 0.25) is 0 Å². The number of esters is 1. The Balaban J connectivity index is 2.32. The second-order valence-electron chi connectivity index (χ2n) is 5.92. The van der Waals surface area contributed by atoms with Crippen molar-refractivity contribution >= 4 is 5.97 Å². The van der Waals surface area contributed by atoms with Gasteiger partial charge in [0, 0.05) is 6.42 Å². The summed E-state index contributed by atoms with van der Waals surface area (Å²) in [5.41, 5.74) is -1.74. The molecule has 2 aromatic rings. The van der Waals surface area contributed by atoms with E-state index in [4.69, 9.17) is 9.47 Å². The summed E-state index contributed by atoms with van der Waals surface area (Å²) >= 11 is 0. The number of halogens is 3. The first-order valence-corrected chi connectivity index (χ1v) is 7.95. The van der Waals surface area contributed by atoms with Crippen LogP contribution in [0.4, 0.5) is 13.2 Å². The molecule has 0 spiro atoms. The van der Waals surface area contributed by atoms with Gasteiger partial charge >= 0.3 is 12.1 Å². The van der Waals surface area contributed by atoms with Gasteiger partial charge in [0.2, 0.25) is 5.60 Å². The molecule has 0 radical (unpaired) electrons. The minimum Gasteiger partial charge on any atom is -0.508 e. The molecule has 1 N–H and O–H groups in total. The zero-order valence-corrected chi connectivity index (χ0v) is 14.3. The van der Waals surface area contributed by atoms with E-state index in [1.165, 1.54) is 31.2 Å². The van der Waals surface area contributed by atoms with Crippen LogP contribution >= 0.6 is 0 Å². The second-order valence-corrected chi connectivity index (χ2v) is 5.92. The molecule has 2 rings (SSSR count). The van der Waals surface area contributed by atoms with E-state index in [0.717, 1.165) is 12.1 Å². The third kappa shape index (κ3) is 4.91. The second kappa shape index (κ2) is 7.68. The molecule has 0 aliphatic heterocycles. The molecule has 1 atom stereocenters. The number of hydrogen-bond donors (Lipinski definition) is 1. The largest absolute Gasteiger partial charge is 0.508 e. The molecule has 0 aromatic heterocycles. The fraction of sp³-hybridized carbons (Fsp3) is 0.316. The standard InChI is InChI=1S/C19H19F3O4/c1-3-25-17(24)18(2,12-13-7-9-15(23)10-8-13)26-16-6-4-5-14(11-16)19(20,21)22/h4-11,23H,3,12H2,1-2H3. The summed E-state index contributed by atoms with van der Waals surface area (Å²) in [6, 6.07) is 10.4. The molecule has 0 amide bonds. The zero-order chi connectivity index (χ0) is 19.4.